The van der Waals surface area contributed by atoms with Crippen molar-refractivity contribution < 1.29 is 14.3 Å². The van der Waals surface area contributed by atoms with Gasteiger partial charge in [-0.2, -0.15) is 0 Å². The first kappa shape index (κ1) is 22.8. The second kappa shape index (κ2) is 10.1. The summed E-state index contributed by atoms with van der Waals surface area (Å²) in [7, 11) is 0. The van der Waals surface area contributed by atoms with Crippen LogP contribution in [0.2, 0.25) is 0 Å². The van der Waals surface area contributed by atoms with Gasteiger partial charge in [-0.3, -0.25) is 0 Å². The molecule has 4 rings (SSSR count). The number of benzene rings is 2. The van der Waals surface area contributed by atoms with Crippen LogP contribution in [0.25, 0.3) is 11.4 Å². The van der Waals surface area contributed by atoms with Crippen LogP contribution in [0.15, 0.2) is 60.8 Å². The molecule has 2 aromatic heterocycles. The first-order valence-electron chi connectivity index (χ1n) is 10.9. The first-order chi connectivity index (χ1) is 16.4. The van der Waals surface area contributed by atoms with Crippen LogP contribution in [0, 0.1) is 20.8 Å². The van der Waals surface area contributed by atoms with E-state index in [0.29, 0.717) is 23.1 Å². The maximum absolute atomic E-state index is 12.5. The minimum atomic E-state index is -0.503. The van der Waals surface area contributed by atoms with Crippen molar-refractivity contribution >= 4 is 17.5 Å². The summed E-state index contributed by atoms with van der Waals surface area (Å²) in [5, 5.41) is 3.21. The number of hydrogen-bond donors (Lipinski definition) is 1. The van der Waals surface area contributed by atoms with Gasteiger partial charge < -0.3 is 14.8 Å². The Bertz CT molecular complexity index is 1320. The largest absolute Gasteiger partial charge is 0.462 e. The van der Waals surface area contributed by atoms with E-state index >= 15 is 0 Å². The molecule has 4 aromatic rings. The predicted molar refractivity (Wildman–Crippen MR) is 129 cm³/mol. The summed E-state index contributed by atoms with van der Waals surface area (Å²) in [6.07, 6.45) is 1.48. The van der Waals surface area contributed by atoms with E-state index < -0.39 is 5.97 Å². The number of carbonyl (C=O) groups excluding carboxylic acids is 1. The number of nitrogens with zero attached hydrogens (tertiary/aromatic N) is 4. The topological polar surface area (TPSA) is 99.1 Å². The van der Waals surface area contributed by atoms with Gasteiger partial charge in [-0.25, -0.2) is 24.7 Å². The highest BCUT2D eigenvalue weighted by Crippen LogP contribution is 2.27. The number of aryl methyl sites for hydroxylation is 3. The van der Waals surface area contributed by atoms with Crippen LogP contribution in [-0.2, 0) is 4.74 Å². The molecular formula is C26H25N5O3. The SMILES string of the molecule is CCOC(=O)c1cnc(-c2cccc(C)c2)nc1Nc1cccc(Oc2nc(C)cc(C)n2)c1. The maximum Gasteiger partial charge on any atom is 0.343 e. The predicted octanol–water partition coefficient (Wildman–Crippen LogP) is 5.57. The third-order valence-electron chi connectivity index (χ3n) is 4.83. The summed E-state index contributed by atoms with van der Waals surface area (Å²) in [6, 6.07) is 17.3. The Hall–Kier alpha value is -4.33. The Morgan fingerprint density at radius 1 is 0.941 bits per heavy atom. The lowest BCUT2D eigenvalue weighted by molar-refractivity contribution is 0.0526. The molecule has 0 spiro atoms. The van der Waals surface area contributed by atoms with Crippen LogP contribution >= 0.6 is 0 Å². The summed E-state index contributed by atoms with van der Waals surface area (Å²) >= 11 is 0. The molecule has 0 saturated carbocycles. The molecule has 0 radical (unpaired) electrons. The van der Waals surface area contributed by atoms with Crippen LogP contribution in [0.3, 0.4) is 0 Å². The average molecular weight is 456 g/mol. The van der Waals surface area contributed by atoms with Gasteiger partial charge in [0, 0.05) is 34.9 Å². The van der Waals surface area contributed by atoms with Crippen LogP contribution in [0.4, 0.5) is 11.5 Å². The van der Waals surface area contributed by atoms with Crippen molar-refractivity contribution in [2.24, 2.45) is 0 Å². The van der Waals surface area contributed by atoms with Gasteiger partial charge in [0.1, 0.15) is 17.1 Å². The lowest BCUT2D eigenvalue weighted by atomic mass is 10.1. The van der Waals surface area contributed by atoms with Crippen molar-refractivity contribution in [1.29, 1.82) is 0 Å². The summed E-state index contributed by atoms with van der Waals surface area (Å²) in [4.78, 5) is 30.2. The molecule has 2 heterocycles. The number of aromatic nitrogens is 4. The van der Waals surface area contributed by atoms with E-state index in [1.165, 1.54) is 6.20 Å². The Balaban J connectivity index is 1.66. The number of rotatable bonds is 7. The third-order valence-corrected chi connectivity index (χ3v) is 4.83. The highest BCUT2D eigenvalue weighted by atomic mass is 16.5. The zero-order valence-corrected chi connectivity index (χ0v) is 19.5. The molecule has 0 bridgehead atoms. The van der Waals surface area contributed by atoms with Gasteiger partial charge in [0.05, 0.1) is 6.61 Å². The minimum absolute atomic E-state index is 0.238. The van der Waals surface area contributed by atoms with Crippen LogP contribution in [0.5, 0.6) is 11.8 Å². The fourth-order valence-electron chi connectivity index (χ4n) is 3.38. The Kier molecular flexibility index (Phi) is 6.77. The number of anilines is 2. The van der Waals surface area contributed by atoms with Crippen molar-refractivity contribution in [3.05, 3.63) is 83.3 Å². The first-order valence-corrected chi connectivity index (χ1v) is 10.9. The zero-order valence-electron chi connectivity index (χ0n) is 19.5. The van der Waals surface area contributed by atoms with E-state index in [1.54, 1.807) is 19.1 Å². The third kappa shape index (κ3) is 5.53. The second-order valence-electron chi connectivity index (χ2n) is 7.73. The summed E-state index contributed by atoms with van der Waals surface area (Å²) in [5.41, 5.74) is 4.48. The number of esters is 1. The number of nitrogens with one attached hydrogen (secondary N) is 1. The smallest absolute Gasteiger partial charge is 0.343 e. The Morgan fingerprint density at radius 2 is 1.71 bits per heavy atom. The van der Waals surface area contributed by atoms with Crippen molar-refractivity contribution in [2.75, 3.05) is 11.9 Å². The quantitative estimate of drug-likeness (QED) is 0.361. The molecule has 8 nitrogen and oxygen atoms in total. The van der Waals surface area contributed by atoms with Crippen LogP contribution in [-0.4, -0.2) is 32.5 Å². The van der Waals surface area contributed by atoms with Gasteiger partial charge in [-0.1, -0.05) is 29.8 Å². The van der Waals surface area contributed by atoms with E-state index in [4.69, 9.17) is 9.47 Å². The fourth-order valence-corrected chi connectivity index (χ4v) is 3.38. The molecular weight excluding hydrogens is 430 g/mol. The molecule has 0 aliphatic carbocycles. The number of hydrogen-bond acceptors (Lipinski definition) is 8. The van der Waals surface area contributed by atoms with Gasteiger partial charge in [0.25, 0.3) is 0 Å². The molecule has 0 atom stereocenters. The number of carbonyl (C=O) groups is 1. The molecule has 2 aromatic carbocycles. The Labute approximate surface area is 198 Å². The fraction of sp³-hybridized carbons (Fsp3) is 0.192. The maximum atomic E-state index is 12.5. The van der Waals surface area contributed by atoms with E-state index in [0.717, 1.165) is 22.5 Å². The van der Waals surface area contributed by atoms with Gasteiger partial charge in [-0.15, -0.1) is 0 Å². The molecule has 8 heteroatoms. The molecule has 0 aliphatic rings. The van der Waals surface area contributed by atoms with E-state index in [1.807, 2.05) is 63.2 Å². The van der Waals surface area contributed by atoms with Gasteiger partial charge in [0.2, 0.25) is 0 Å². The van der Waals surface area contributed by atoms with Crippen molar-refractivity contribution in [3.63, 3.8) is 0 Å². The van der Waals surface area contributed by atoms with E-state index in [-0.39, 0.29) is 18.2 Å². The van der Waals surface area contributed by atoms with E-state index in [9.17, 15) is 4.79 Å². The van der Waals surface area contributed by atoms with Crippen molar-refractivity contribution in [1.82, 2.24) is 19.9 Å². The van der Waals surface area contributed by atoms with Gasteiger partial charge in [0.15, 0.2) is 5.82 Å². The highest BCUT2D eigenvalue weighted by molar-refractivity contribution is 5.95. The molecule has 0 unspecified atom stereocenters. The van der Waals surface area contributed by atoms with Crippen LogP contribution in [0.1, 0.15) is 34.2 Å². The monoisotopic (exact) mass is 455 g/mol. The van der Waals surface area contributed by atoms with Crippen molar-refractivity contribution in [2.45, 2.75) is 27.7 Å². The van der Waals surface area contributed by atoms with Gasteiger partial charge >= 0.3 is 12.0 Å². The molecule has 0 amide bonds. The molecule has 0 fully saturated rings. The molecule has 1 N–H and O–H groups in total. The summed E-state index contributed by atoms with van der Waals surface area (Å²) < 4.78 is 11.1. The highest BCUT2D eigenvalue weighted by Gasteiger charge is 2.17. The Morgan fingerprint density at radius 3 is 2.44 bits per heavy atom. The van der Waals surface area contributed by atoms with E-state index in [2.05, 4.69) is 25.3 Å². The molecule has 0 aliphatic heterocycles. The average Bonchev–Trinajstić information content (AvgIpc) is 2.79. The normalized spacial score (nSPS) is 10.6. The molecule has 172 valence electrons. The van der Waals surface area contributed by atoms with Crippen LogP contribution < -0.4 is 10.1 Å². The second-order valence-corrected chi connectivity index (χ2v) is 7.73. The lowest BCUT2D eigenvalue weighted by Crippen LogP contribution is -2.11. The zero-order chi connectivity index (χ0) is 24.1. The molecule has 0 saturated heterocycles. The van der Waals surface area contributed by atoms with Crippen molar-refractivity contribution in [3.8, 4) is 23.1 Å². The summed E-state index contributed by atoms with van der Waals surface area (Å²) in [6.45, 7) is 7.77. The number of ether oxygens (including phenoxy) is 2. The van der Waals surface area contributed by atoms with Gasteiger partial charge in [-0.05, 0) is 52.0 Å². The lowest BCUT2D eigenvalue weighted by Gasteiger charge is -2.13. The molecule has 34 heavy (non-hydrogen) atoms. The minimum Gasteiger partial charge on any atom is -0.462 e. The standard InChI is InChI=1S/C26H25N5O3/c1-5-33-25(32)22-15-27-23(19-9-6-8-16(2)12-19)31-24(22)30-20-10-7-11-21(14-20)34-26-28-17(3)13-18(4)29-26/h6-15H,5H2,1-4H3,(H,27,30,31). The summed E-state index contributed by atoms with van der Waals surface area (Å²) in [5.74, 6) is 0.873.